The minimum absolute atomic E-state index is 0.180. The lowest BCUT2D eigenvalue weighted by Crippen LogP contribution is -2.69. The van der Waals surface area contributed by atoms with E-state index in [0.29, 0.717) is 0 Å². The predicted octanol–water partition coefficient (Wildman–Crippen LogP) is 3.56. The van der Waals surface area contributed by atoms with Crippen molar-refractivity contribution in [1.82, 2.24) is 4.98 Å². The molecule has 1 aromatic heterocycles. The van der Waals surface area contributed by atoms with Crippen LogP contribution in [0, 0.1) is 5.41 Å². The van der Waals surface area contributed by atoms with Gasteiger partial charge in [-0.3, -0.25) is 0 Å². The maximum atomic E-state index is 12.8. The van der Waals surface area contributed by atoms with Crippen LogP contribution in [-0.4, -0.2) is 52.5 Å². The van der Waals surface area contributed by atoms with E-state index in [9.17, 15) is 18.3 Å². The van der Waals surface area contributed by atoms with Crippen molar-refractivity contribution in [2.75, 3.05) is 6.61 Å². The number of ether oxygens (including phenoxy) is 4. The Morgan fingerprint density at radius 2 is 1.86 bits per heavy atom. The van der Waals surface area contributed by atoms with Gasteiger partial charge in [-0.15, -0.1) is 0 Å². The van der Waals surface area contributed by atoms with Crippen LogP contribution in [0.2, 0.25) is 0 Å². The highest BCUT2D eigenvalue weighted by atomic mass is 19.4. The number of pyridine rings is 1. The molecule has 0 spiro atoms. The molecule has 164 valence electrons. The van der Waals surface area contributed by atoms with Crippen LogP contribution in [0.15, 0.2) is 18.2 Å². The largest absolute Gasteiger partial charge is 0.475 e. The molecule has 0 amide bonds. The summed E-state index contributed by atoms with van der Waals surface area (Å²) < 4.78 is 62.3. The summed E-state index contributed by atoms with van der Waals surface area (Å²) in [5.41, 5.74) is -2.37. The average molecular weight is 419 g/mol. The smallest absolute Gasteiger partial charge is 0.433 e. The molecule has 0 aromatic carbocycles. The molecule has 3 heterocycles. The molecule has 29 heavy (non-hydrogen) atoms. The molecule has 1 aromatic rings. The van der Waals surface area contributed by atoms with Gasteiger partial charge in [0.05, 0.1) is 6.10 Å². The zero-order chi connectivity index (χ0) is 21.8. The zero-order valence-corrected chi connectivity index (χ0v) is 17.4. The number of nitrogens with zero attached hydrogens (tertiary/aromatic N) is 1. The quantitative estimate of drug-likeness (QED) is 0.808. The molecule has 5 atom stereocenters. The van der Waals surface area contributed by atoms with Gasteiger partial charge in [-0.1, -0.05) is 26.8 Å². The van der Waals surface area contributed by atoms with Crippen LogP contribution in [-0.2, 0) is 20.4 Å². The van der Waals surface area contributed by atoms with Crippen molar-refractivity contribution >= 4 is 0 Å². The molecule has 3 rings (SSSR count). The fourth-order valence-corrected chi connectivity index (χ4v) is 4.31. The maximum absolute atomic E-state index is 12.8. The minimum Gasteiger partial charge on any atom is -0.475 e. The second-order valence-electron chi connectivity index (χ2n) is 9.06. The molecule has 0 bridgehead atoms. The molecular weight excluding hydrogens is 391 g/mol. The molecule has 2 saturated heterocycles. The number of aliphatic hydroxyl groups is 1. The Labute approximate surface area is 168 Å². The van der Waals surface area contributed by atoms with Gasteiger partial charge in [-0.25, -0.2) is 4.98 Å². The maximum Gasteiger partial charge on any atom is 0.433 e. The molecule has 2 aliphatic rings. The Bertz CT molecular complexity index is 748. The molecule has 0 saturated carbocycles. The van der Waals surface area contributed by atoms with Crippen molar-refractivity contribution in [3.8, 4) is 5.88 Å². The third-order valence-electron chi connectivity index (χ3n) is 5.50. The number of hydrogen-bond donors (Lipinski definition) is 1. The van der Waals surface area contributed by atoms with Crippen LogP contribution in [0.5, 0.6) is 5.88 Å². The topological polar surface area (TPSA) is 70.0 Å². The van der Waals surface area contributed by atoms with E-state index >= 15 is 0 Å². The number of alkyl halides is 3. The van der Waals surface area contributed by atoms with E-state index in [0.717, 1.165) is 6.07 Å². The van der Waals surface area contributed by atoms with E-state index in [4.69, 9.17) is 18.9 Å². The lowest BCUT2D eigenvalue weighted by Gasteiger charge is -2.53. The molecule has 0 unspecified atom stereocenters. The van der Waals surface area contributed by atoms with Gasteiger partial charge in [0.2, 0.25) is 5.88 Å². The molecule has 2 fully saturated rings. The monoisotopic (exact) mass is 419 g/mol. The van der Waals surface area contributed by atoms with Crippen molar-refractivity contribution in [3.63, 3.8) is 0 Å². The Hall–Kier alpha value is -1.42. The standard InChI is InChI=1S/C20H28F3NO5/c1-11-19(17(2,3)4)16(28-18(5,6)29-19)15(25)12(27-11)10-26-14-9-7-8-13(24-14)20(21,22)23/h7-9,11-12,15-16,25H,10H2,1-6H3/t11-,12-,15+,16-,19+/m1/s1. The van der Waals surface area contributed by atoms with E-state index in [2.05, 4.69) is 4.98 Å². The number of halogens is 3. The Morgan fingerprint density at radius 1 is 1.21 bits per heavy atom. The lowest BCUT2D eigenvalue weighted by atomic mass is 9.66. The van der Waals surface area contributed by atoms with Crippen molar-refractivity contribution in [3.05, 3.63) is 23.9 Å². The first-order valence-electron chi connectivity index (χ1n) is 9.56. The summed E-state index contributed by atoms with van der Waals surface area (Å²) in [6, 6.07) is 3.41. The first-order chi connectivity index (χ1) is 13.2. The van der Waals surface area contributed by atoms with Gasteiger partial charge in [0.25, 0.3) is 0 Å². The van der Waals surface area contributed by atoms with E-state index in [1.54, 1.807) is 13.8 Å². The number of fused-ring (bicyclic) bond motifs is 1. The van der Waals surface area contributed by atoms with E-state index in [1.807, 2.05) is 27.7 Å². The van der Waals surface area contributed by atoms with Crippen LogP contribution in [0.4, 0.5) is 13.2 Å². The number of rotatable bonds is 3. The average Bonchev–Trinajstić information content (AvgIpc) is 2.90. The second-order valence-corrected chi connectivity index (χ2v) is 9.06. The molecule has 6 nitrogen and oxygen atoms in total. The first kappa shape index (κ1) is 22.3. The number of aromatic nitrogens is 1. The summed E-state index contributed by atoms with van der Waals surface area (Å²) in [6.45, 7) is 11.2. The van der Waals surface area contributed by atoms with Gasteiger partial charge < -0.3 is 24.1 Å². The van der Waals surface area contributed by atoms with Crippen LogP contribution >= 0.6 is 0 Å². The van der Waals surface area contributed by atoms with Gasteiger partial charge >= 0.3 is 6.18 Å². The van der Waals surface area contributed by atoms with Crippen molar-refractivity contribution < 1.29 is 37.2 Å². The summed E-state index contributed by atoms with van der Waals surface area (Å²) >= 11 is 0. The molecular formula is C20H28F3NO5. The Morgan fingerprint density at radius 3 is 2.45 bits per heavy atom. The number of hydrogen-bond acceptors (Lipinski definition) is 6. The summed E-state index contributed by atoms with van der Waals surface area (Å²) in [4.78, 5) is 3.47. The highest BCUT2D eigenvalue weighted by Crippen LogP contribution is 2.53. The van der Waals surface area contributed by atoms with Gasteiger partial charge in [0, 0.05) is 6.07 Å². The van der Waals surface area contributed by atoms with Gasteiger partial charge in [0.15, 0.2) is 5.79 Å². The second kappa shape index (κ2) is 7.08. The van der Waals surface area contributed by atoms with Gasteiger partial charge in [0.1, 0.15) is 36.2 Å². The van der Waals surface area contributed by atoms with E-state index < -0.39 is 53.1 Å². The van der Waals surface area contributed by atoms with Crippen LogP contribution in [0.1, 0.15) is 47.2 Å². The SMILES string of the molecule is C[C@H]1O[C@H](COc2cccc(C(F)(F)F)n2)[C@H](O)[C@H]2OC(C)(C)O[C@]21C(C)(C)C. The van der Waals surface area contributed by atoms with Crippen molar-refractivity contribution in [1.29, 1.82) is 0 Å². The highest BCUT2D eigenvalue weighted by Gasteiger charge is 2.68. The number of aliphatic hydroxyl groups excluding tert-OH is 1. The van der Waals surface area contributed by atoms with Crippen molar-refractivity contribution in [2.24, 2.45) is 5.41 Å². The molecule has 0 radical (unpaired) electrons. The summed E-state index contributed by atoms with van der Waals surface area (Å²) in [7, 11) is 0. The fourth-order valence-electron chi connectivity index (χ4n) is 4.31. The molecule has 1 N–H and O–H groups in total. The molecule has 2 aliphatic heterocycles. The lowest BCUT2D eigenvalue weighted by molar-refractivity contribution is -0.267. The fraction of sp³-hybridized carbons (Fsp3) is 0.750. The summed E-state index contributed by atoms with van der Waals surface area (Å²) in [5.74, 6) is -1.12. The highest BCUT2D eigenvalue weighted by molar-refractivity contribution is 5.18. The van der Waals surface area contributed by atoms with Gasteiger partial charge in [-0.2, -0.15) is 13.2 Å². The van der Waals surface area contributed by atoms with E-state index in [1.165, 1.54) is 12.1 Å². The normalized spacial score (nSPS) is 34.7. The van der Waals surface area contributed by atoms with Crippen LogP contribution in [0.25, 0.3) is 0 Å². The molecule has 9 heteroatoms. The third kappa shape index (κ3) is 3.97. The predicted molar refractivity (Wildman–Crippen MR) is 97.3 cm³/mol. The minimum atomic E-state index is -4.57. The Kier molecular flexibility index (Phi) is 5.43. The summed E-state index contributed by atoms with van der Waals surface area (Å²) in [5, 5.41) is 11.0. The first-order valence-corrected chi connectivity index (χ1v) is 9.56. The molecule has 0 aliphatic carbocycles. The summed E-state index contributed by atoms with van der Waals surface area (Å²) in [6.07, 6.45) is -7.64. The van der Waals surface area contributed by atoms with Crippen molar-refractivity contribution in [2.45, 2.75) is 83.5 Å². The van der Waals surface area contributed by atoms with Crippen LogP contribution in [0.3, 0.4) is 0 Å². The van der Waals surface area contributed by atoms with Crippen LogP contribution < -0.4 is 4.74 Å². The zero-order valence-electron chi connectivity index (χ0n) is 17.4. The Balaban J connectivity index is 1.79. The third-order valence-corrected chi connectivity index (χ3v) is 5.50. The van der Waals surface area contributed by atoms with E-state index in [-0.39, 0.29) is 12.5 Å². The van der Waals surface area contributed by atoms with Gasteiger partial charge in [-0.05, 0) is 32.3 Å².